The van der Waals surface area contributed by atoms with Crippen LogP contribution in [0.15, 0.2) is 0 Å². The van der Waals surface area contributed by atoms with Crippen molar-refractivity contribution in [2.45, 2.75) is 70.2 Å². The highest BCUT2D eigenvalue weighted by Gasteiger charge is 2.47. The monoisotopic (exact) mass is 347 g/mol. The van der Waals surface area contributed by atoms with Crippen LogP contribution in [0.3, 0.4) is 0 Å². The van der Waals surface area contributed by atoms with Crippen molar-refractivity contribution < 1.29 is 39.6 Å². The standard InChI is InChI=1S/C15H25NO8/c1-14(2)6-8(7-15(3,4)16(14)23)24-13(22)11(19)9(12(20)21)5-10(17)18/h8-9,11,19,23H,5-7H2,1-4H3,(H,17,18)(H,20,21). The summed E-state index contributed by atoms with van der Waals surface area (Å²) >= 11 is 0. The van der Waals surface area contributed by atoms with Crippen LogP contribution in [0.5, 0.6) is 0 Å². The van der Waals surface area contributed by atoms with Gasteiger partial charge in [0, 0.05) is 23.9 Å². The van der Waals surface area contributed by atoms with Gasteiger partial charge >= 0.3 is 17.9 Å². The maximum absolute atomic E-state index is 12.0. The lowest BCUT2D eigenvalue weighted by molar-refractivity contribution is -0.260. The summed E-state index contributed by atoms with van der Waals surface area (Å²) in [4.78, 5) is 33.8. The summed E-state index contributed by atoms with van der Waals surface area (Å²) in [6, 6.07) is 0. The lowest BCUT2D eigenvalue weighted by Crippen LogP contribution is -2.61. The maximum Gasteiger partial charge on any atom is 0.336 e. The Bertz CT molecular complexity index is 498. The number of ether oxygens (including phenoxy) is 1. The largest absolute Gasteiger partial charge is 0.481 e. The van der Waals surface area contributed by atoms with Crippen molar-refractivity contribution in [3.05, 3.63) is 0 Å². The molecule has 1 saturated heterocycles. The zero-order valence-electron chi connectivity index (χ0n) is 14.2. The summed E-state index contributed by atoms with van der Waals surface area (Å²) in [6.45, 7) is 7.04. The van der Waals surface area contributed by atoms with Gasteiger partial charge in [0.1, 0.15) is 12.0 Å². The van der Waals surface area contributed by atoms with Gasteiger partial charge in [-0.15, -0.1) is 0 Å². The number of carbonyl (C=O) groups excluding carboxylic acids is 1. The molecule has 9 heteroatoms. The van der Waals surface area contributed by atoms with Crippen LogP contribution in [0.1, 0.15) is 47.0 Å². The first kappa shape index (κ1) is 20.3. The van der Waals surface area contributed by atoms with Crippen LogP contribution in [0.2, 0.25) is 0 Å². The second kappa shape index (κ2) is 7.04. The molecule has 0 bridgehead atoms. The van der Waals surface area contributed by atoms with Crippen molar-refractivity contribution in [1.29, 1.82) is 0 Å². The van der Waals surface area contributed by atoms with Gasteiger partial charge in [-0.25, -0.2) is 4.79 Å². The number of hydroxylamine groups is 2. The van der Waals surface area contributed by atoms with Gasteiger partial charge < -0.3 is 25.3 Å². The van der Waals surface area contributed by atoms with E-state index in [1.807, 2.05) is 0 Å². The van der Waals surface area contributed by atoms with Crippen molar-refractivity contribution in [3.63, 3.8) is 0 Å². The van der Waals surface area contributed by atoms with E-state index in [-0.39, 0.29) is 12.8 Å². The molecule has 4 N–H and O–H groups in total. The van der Waals surface area contributed by atoms with E-state index in [0.717, 1.165) is 0 Å². The highest BCUT2D eigenvalue weighted by molar-refractivity contribution is 5.86. The third kappa shape index (κ3) is 4.65. The van der Waals surface area contributed by atoms with Gasteiger partial charge in [-0.1, -0.05) is 0 Å². The highest BCUT2D eigenvalue weighted by Crippen LogP contribution is 2.38. The van der Waals surface area contributed by atoms with Crippen LogP contribution in [-0.2, 0) is 19.1 Å². The van der Waals surface area contributed by atoms with E-state index >= 15 is 0 Å². The Morgan fingerprint density at radius 1 is 1.12 bits per heavy atom. The third-order valence-corrected chi connectivity index (χ3v) is 4.22. The van der Waals surface area contributed by atoms with Crippen molar-refractivity contribution in [1.82, 2.24) is 5.06 Å². The van der Waals surface area contributed by atoms with Crippen molar-refractivity contribution in [2.75, 3.05) is 0 Å². The quantitative estimate of drug-likeness (QED) is 0.504. The molecule has 0 radical (unpaired) electrons. The van der Waals surface area contributed by atoms with E-state index in [1.54, 1.807) is 27.7 Å². The van der Waals surface area contributed by atoms with E-state index in [9.17, 15) is 24.7 Å². The first-order chi connectivity index (χ1) is 10.8. The molecule has 0 aromatic carbocycles. The zero-order valence-corrected chi connectivity index (χ0v) is 14.2. The maximum atomic E-state index is 12.0. The minimum absolute atomic E-state index is 0.280. The average molecular weight is 347 g/mol. The lowest BCUT2D eigenvalue weighted by atomic mass is 9.80. The molecule has 0 spiro atoms. The molecule has 1 fully saturated rings. The summed E-state index contributed by atoms with van der Waals surface area (Å²) in [6.07, 6.45) is -3.04. The number of carboxylic acids is 2. The van der Waals surface area contributed by atoms with Gasteiger partial charge in [-0.05, 0) is 27.7 Å². The first-order valence-corrected chi connectivity index (χ1v) is 7.60. The number of rotatable bonds is 6. The van der Waals surface area contributed by atoms with E-state index in [2.05, 4.69) is 0 Å². The predicted octanol–water partition coefficient (Wildman–Crippen LogP) is 0.477. The van der Waals surface area contributed by atoms with Gasteiger partial charge in [-0.3, -0.25) is 9.59 Å². The molecule has 2 atom stereocenters. The smallest absolute Gasteiger partial charge is 0.336 e. The summed E-state index contributed by atoms with van der Waals surface area (Å²) in [5, 5.41) is 38.9. The molecule has 0 aromatic rings. The lowest BCUT2D eigenvalue weighted by Gasteiger charge is -2.51. The second-order valence-electron chi connectivity index (χ2n) is 7.39. The van der Waals surface area contributed by atoms with Gasteiger partial charge in [0.05, 0.1) is 6.42 Å². The minimum Gasteiger partial charge on any atom is -0.481 e. The fraction of sp³-hybridized carbons (Fsp3) is 0.800. The number of piperidine rings is 1. The number of aliphatic carboxylic acids is 2. The van der Waals surface area contributed by atoms with Gasteiger partial charge in [-0.2, -0.15) is 5.06 Å². The van der Waals surface area contributed by atoms with Crippen LogP contribution in [0, 0.1) is 5.92 Å². The Kier molecular flexibility index (Phi) is 5.96. The van der Waals surface area contributed by atoms with E-state index in [0.29, 0.717) is 0 Å². The molecule has 138 valence electrons. The Labute approximate surface area is 139 Å². The van der Waals surface area contributed by atoms with Gasteiger partial charge in [0.2, 0.25) is 0 Å². The Morgan fingerprint density at radius 2 is 1.58 bits per heavy atom. The number of esters is 1. The van der Waals surface area contributed by atoms with Crippen molar-refractivity contribution in [2.24, 2.45) is 5.92 Å². The molecule has 0 aliphatic carbocycles. The van der Waals surface area contributed by atoms with E-state index in [4.69, 9.17) is 14.9 Å². The third-order valence-electron chi connectivity index (χ3n) is 4.22. The van der Waals surface area contributed by atoms with Crippen molar-refractivity contribution >= 4 is 17.9 Å². The van der Waals surface area contributed by atoms with Crippen LogP contribution < -0.4 is 0 Å². The van der Waals surface area contributed by atoms with Gasteiger partial charge in [0.15, 0.2) is 6.10 Å². The molecule has 0 aromatic heterocycles. The second-order valence-corrected chi connectivity index (χ2v) is 7.39. The van der Waals surface area contributed by atoms with Crippen LogP contribution in [0.4, 0.5) is 0 Å². The Morgan fingerprint density at radius 3 is 1.96 bits per heavy atom. The van der Waals surface area contributed by atoms with Crippen molar-refractivity contribution in [3.8, 4) is 0 Å². The number of carboxylic acid groups (broad SMARTS) is 2. The molecule has 1 aliphatic heterocycles. The minimum atomic E-state index is -2.07. The topological polar surface area (TPSA) is 145 Å². The first-order valence-electron chi connectivity index (χ1n) is 7.60. The Balaban J connectivity index is 2.82. The average Bonchev–Trinajstić information content (AvgIpc) is 2.40. The summed E-state index contributed by atoms with van der Waals surface area (Å²) in [5.74, 6) is -5.99. The normalized spacial score (nSPS) is 23.2. The SMILES string of the molecule is CC1(C)CC(OC(=O)C(O)C(CC(=O)O)C(=O)O)CC(C)(C)N1O. The molecule has 1 rings (SSSR count). The van der Waals surface area contributed by atoms with Crippen LogP contribution in [-0.4, -0.2) is 66.8 Å². The fourth-order valence-electron chi connectivity index (χ4n) is 3.18. The molecule has 0 amide bonds. The summed E-state index contributed by atoms with van der Waals surface area (Å²) in [7, 11) is 0. The highest BCUT2D eigenvalue weighted by atomic mass is 16.6. The zero-order chi connectivity index (χ0) is 18.9. The van der Waals surface area contributed by atoms with E-state index < -0.39 is 53.5 Å². The number of hydrogen-bond donors (Lipinski definition) is 4. The number of aliphatic hydroxyl groups is 1. The molecule has 1 aliphatic rings. The predicted molar refractivity (Wildman–Crippen MR) is 80.3 cm³/mol. The number of aliphatic hydroxyl groups excluding tert-OH is 1. The molecular formula is C15H25NO8. The Hall–Kier alpha value is -1.71. The van der Waals surface area contributed by atoms with E-state index in [1.165, 1.54) is 5.06 Å². The molecular weight excluding hydrogens is 322 g/mol. The van der Waals surface area contributed by atoms with Crippen LogP contribution >= 0.6 is 0 Å². The summed E-state index contributed by atoms with van der Waals surface area (Å²) in [5.41, 5.74) is -1.38. The fourth-order valence-corrected chi connectivity index (χ4v) is 3.18. The van der Waals surface area contributed by atoms with Crippen LogP contribution in [0.25, 0.3) is 0 Å². The number of carbonyl (C=O) groups is 3. The summed E-state index contributed by atoms with van der Waals surface area (Å²) < 4.78 is 5.20. The van der Waals surface area contributed by atoms with Gasteiger partial charge in [0.25, 0.3) is 0 Å². The molecule has 9 nitrogen and oxygen atoms in total. The molecule has 1 heterocycles. The molecule has 2 unspecified atom stereocenters. The number of nitrogens with zero attached hydrogens (tertiary/aromatic N) is 1. The number of hydrogen-bond acceptors (Lipinski definition) is 7. The molecule has 24 heavy (non-hydrogen) atoms. The molecule has 0 saturated carbocycles.